The average Bonchev–Trinajstić information content (AvgIpc) is 2.78. The number of halogens is 4. The Kier molecular flexibility index (Phi) is 8.58. The lowest BCUT2D eigenvalue weighted by atomic mass is 9.74. The zero-order valence-corrected chi connectivity index (χ0v) is 18.1. The van der Waals surface area contributed by atoms with Gasteiger partial charge in [-0.15, -0.1) is 0 Å². The third kappa shape index (κ3) is 7.37. The van der Waals surface area contributed by atoms with E-state index in [1.165, 1.54) is 75.6 Å². The zero-order chi connectivity index (χ0) is 22.3. The number of rotatable bonds is 7. The number of benzene rings is 1. The first-order valence-corrected chi connectivity index (χ1v) is 11.8. The molecule has 0 amide bonds. The van der Waals surface area contributed by atoms with Crippen molar-refractivity contribution in [3.63, 3.8) is 0 Å². The summed E-state index contributed by atoms with van der Waals surface area (Å²) in [5, 5.41) is 8.45. The SMILES string of the molecule is N#CC(F)=CCCC1CCC(CCC2CCC(c3ccc(C(F)(F)F)cc3)CC2)CC1. The van der Waals surface area contributed by atoms with Crippen LogP contribution in [-0.2, 0) is 6.18 Å². The average molecular weight is 436 g/mol. The first kappa shape index (κ1) is 23.8. The standard InChI is InChI=1S/C26H33F4N/c27-25(18-31)3-1-2-19-4-6-20(7-5-19)8-9-21-10-12-22(13-11-21)23-14-16-24(17-15-23)26(28,29)30/h3,14-17,19-22H,1-2,4-13H2. The van der Waals surface area contributed by atoms with Gasteiger partial charge in [-0.25, -0.2) is 0 Å². The fourth-order valence-corrected chi connectivity index (χ4v) is 5.50. The molecule has 0 N–H and O–H groups in total. The molecule has 170 valence electrons. The number of hydrogen-bond acceptors (Lipinski definition) is 1. The molecule has 0 aliphatic heterocycles. The van der Waals surface area contributed by atoms with Crippen molar-refractivity contribution in [2.75, 3.05) is 0 Å². The minimum atomic E-state index is -4.26. The molecule has 2 aliphatic carbocycles. The minimum absolute atomic E-state index is 0.397. The molecule has 2 fully saturated rings. The number of nitriles is 1. The van der Waals surface area contributed by atoms with Crippen molar-refractivity contribution in [1.82, 2.24) is 0 Å². The molecule has 0 radical (unpaired) electrons. The Morgan fingerprint density at radius 2 is 1.32 bits per heavy atom. The molecule has 0 heterocycles. The van der Waals surface area contributed by atoms with E-state index in [1.54, 1.807) is 12.1 Å². The van der Waals surface area contributed by atoms with E-state index >= 15 is 0 Å². The predicted molar refractivity (Wildman–Crippen MR) is 115 cm³/mol. The Hall–Kier alpha value is -1.83. The molecule has 1 nitrogen and oxygen atoms in total. The van der Waals surface area contributed by atoms with Crippen molar-refractivity contribution in [2.45, 2.75) is 89.1 Å². The van der Waals surface area contributed by atoms with Crippen LogP contribution in [0.15, 0.2) is 36.2 Å². The smallest absolute Gasteiger partial charge is 0.195 e. The van der Waals surface area contributed by atoms with Gasteiger partial charge in [0, 0.05) is 0 Å². The minimum Gasteiger partial charge on any atom is -0.195 e. The van der Waals surface area contributed by atoms with Gasteiger partial charge >= 0.3 is 6.18 Å². The van der Waals surface area contributed by atoms with Gasteiger partial charge in [0.1, 0.15) is 6.07 Å². The molecule has 2 saturated carbocycles. The Bertz CT molecular complexity index is 743. The largest absolute Gasteiger partial charge is 0.416 e. The second-order valence-electron chi connectivity index (χ2n) is 9.54. The molecule has 0 bridgehead atoms. The van der Waals surface area contributed by atoms with Crippen molar-refractivity contribution >= 4 is 0 Å². The molecule has 2 aliphatic rings. The highest BCUT2D eigenvalue weighted by molar-refractivity contribution is 5.27. The predicted octanol–water partition coefficient (Wildman–Crippen LogP) is 8.72. The summed E-state index contributed by atoms with van der Waals surface area (Å²) in [5.74, 6) is 1.95. The number of alkyl halides is 3. The van der Waals surface area contributed by atoms with Crippen LogP contribution in [0.1, 0.15) is 94.1 Å². The second kappa shape index (κ2) is 11.2. The second-order valence-corrected chi connectivity index (χ2v) is 9.54. The molecular formula is C26H33F4N. The molecule has 1 aromatic carbocycles. The molecule has 0 atom stereocenters. The van der Waals surface area contributed by atoms with Crippen LogP contribution >= 0.6 is 0 Å². The van der Waals surface area contributed by atoms with Crippen LogP contribution in [0.25, 0.3) is 0 Å². The molecule has 5 heteroatoms. The van der Waals surface area contributed by atoms with Gasteiger partial charge in [-0.05, 0) is 86.0 Å². The summed E-state index contributed by atoms with van der Waals surface area (Å²) in [6.45, 7) is 0. The van der Waals surface area contributed by atoms with Gasteiger partial charge in [-0.2, -0.15) is 22.8 Å². The van der Waals surface area contributed by atoms with Crippen LogP contribution in [-0.4, -0.2) is 0 Å². The van der Waals surface area contributed by atoms with Crippen molar-refractivity contribution in [2.24, 2.45) is 17.8 Å². The zero-order valence-electron chi connectivity index (χ0n) is 18.1. The summed E-state index contributed by atoms with van der Waals surface area (Å²) in [6.07, 6.45) is 10.8. The highest BCUT2D eigenvalue weighted by atomic mass is 19.4. The Labute approximate surface area is 183 Å². The van der Waals surface area contributed by atoms with Crippen molar-refractivity contribution in [3.8, 4) is 6.07 Å². The molecule has 0 aromatic heterocycles. The van der Waals surface area contributed by atoms with Crippen LogP contribution in [0.5, 0.6) is 0 Å². The van der Waals surface area contributed by atoms with E-state index in [4.69, 9.17) is 5.26 Å². The number of hydrogen-bond donors (Lipinski definition) is 0. The van der Waals surface area contributed by atoms with Gasteiger partial charge in [0.15, 0.2) is 5.83 Å². The topological polar surface area (TPSA) is 23.8 Å². The quantitative estimate of drug-likeness (QED) is 0.310. The number of nitrogens with zero attached hydrogens (tertiary/aromatic N) is 1. The Morgan fingerprint density at radius 3 is 1.81 bits per heavy atom. The third-order valence-electron chi connectivity index (χ3n) is 7.51. The van der Waals surface area contributed by atoms with Gasteiger partial charge in [-0.1, -0.05) is 50.7 Å². The van der Waals surface area contributed by atoms with Crippen LogP contribution in [0.4, 0.5) is 17.6 Å². The molecule has 31 heavy (non-hydrogen) atoms. The first-order chi connectivity index (χ1) is 14.8. The normalized spacial score (nSPS) is 27.6. The van der Waals surface area contributed by atoms with Crippen LogP contribution in [0, 0.1) is 29.1 Å². The Morgan fingerprint density at radius 1 is 0.839 bits per heavy atom. The lowest BCUT2D eigenvalue weighted by molar-refractivity contribution is -0.137. The lowest BCUT2D eigenvalue weighted by Crippen LogP contribution is -2.18. The van der Waals surface area contributed by atoms with Crippen LogP contribution < -0.4 is 0 Å². The van der Waals surface area contributed by atoms with Gasteiger partial charge in [0.2, 0.25) is 0 Å². The molecule has 1 aromatic rings. The maximum absolute atomic E-state index is 12.9. The van der Waals surface area contributed by atoms with Crippen molar-refractivity contribution < 1.29 is 17.6 Å². The van der Waals surface area contributed by atoms with Crippen LogP contribution in [0.3, 0.4) is 0 Å². The third-order valence-corrected chi connectivity index (χ3v) is 7.51. The van der Waals surface area contributed by atoms with E-state index in [0.29, 0.717) is 18.3 Å². The summed E-state index contributed by atoms with van der Waals surface area (Å²) in [6, 6.07) is 7.29. The van der Waals surface area contributed by atoms with E-state index in [1.807, 2.05) is 0 Å². The summed E-state index contributed by atoms with van der Waals surface area (Å²) < 4.78 is 51.1. The van der Waals surface area contributed by atoms with Crippen molar-refractivity contribution in [3.05, 3.63) is 47.3 Å². The summed E-state index contributed by atoms with van der Waals surface area (Å²) in [7, 11) is 0. The van der Waals surface area contributed by atoms with Crippen LogP contribution in [0.2, 0.25) is 0 Å². The highest BCUT2D eigenvalue weighted by Gasteiger charge is 2.31. The fourth-order valence-electron chi connectivity index (χ4n) is 5.50. The molecule has 0 unspecified atom stereocenters. The monoisotopic (exact) mass is 435 g/mol. The molecule has 0 spiro atoms. The maximum atomic E-state index is 12.9. The molecular weight excluding hydrogens is 402 g/mol. The van der Waals surface area contributed by atoms with E-state index < -0.39 is 17.6 Å². The lowest BCUT2D eigenvalue weighted by Gasteiger charge is -2.32. The summed E-state index contributed by atoms with van der Waals surface area (Å²) >= 11 is 0. The van der Waals surface area contributed by atoms with Gasteiger partial charge in [0.25, 0.3) is 0 Å². The number of allylic oxidation sites excluding steroid dienone is 2. The fraction of sp³-hybridized carbons (Fsp3) is 0.654. The van der Waals surface area contributed by atoms with Gasteiger partial charge in [-0.3, -0.25) is 0 Å². The summed E-state index contributed by atoms with van der Waals surface area (Å²) in [5.41, 5.74) is 0.486. The molecule has 0 saturated heterocycles. The van der Waals surface area contributed by atoms with Gasteiger partial charge in [0.05, 0.1) is 5.56 Å². The highest BCUT2D eigenvalue weighted by Crippen LogP contribution is 2.41. The summed E-state index contributed by atoms with van der Waals surface area (Å²) in [4.78, 5) is 0. The van der Waals surface area contributed by atoms with E-state index in [0.717, 1.165) is 36.7 Å². The van der Waals surface area contributed by atoms with E-state index in [2.05, 4.69) is 0 Å². The van der Waals surface area contributed by atoms with Gasteiger partial charge < -0.3 is 0 Å². The Balaban J connectivity index is 1.33. The molecule has 3 rings (SSSR count). The first-order valence-electron chi connectivity index (χ1n) is 11.8. The maximum Gasteiger partial charge on any atom is 0.416 e. The van der Waals surface area contributed by atoms with E-state index in [9.17, 15) is 17.6 Å². The van der Waals surface area contributed by atoms with Crippen molar-refractivity contribution in [1.29, 1.82) is 5.26 Å². The van der Waals surface area contributed by atoms with E-state index in [-0.39, 0.29) is 0 Å².